The van der Waals surface area contributed by atoms with Crippen molar-refractivity contribution in [2.24, 2.45) is 0 Å². The summed E-state index contributed by atoms with van der Waals surface area (Å²) in [5.41, 5.74) is 1.91. The van der Waals surface area contributed by atoms with Crippen molar-refractivity contribution in [3.8, 4) is 5.69 Å². The van der Waals surface area contributed by atoms with Gasteiger partial charge in [-0.05, 0) is 24.3 Å². The normalized spacial score (nSPS) is 10.2. The van der Waals surface area contributed by atoms with Gasteiger partial charge in [0.15, 0.2) is 0 Å². The molecule has 0 spiro atoms. The summed E-state index contributed by atoms with van der Waals surface area (Å²) in [5.74, 6) is -0.217. The van der Waals surface area contributed by atoms with Gasteiger partial charge in [0.25, 0.3) is 5.91 Å². The highest BCUT2D eigenvalue weighted by Crippen LogP contribution is 2.19. The number of carbonyl (C=O) groups excluding carboxylic acids is 1. The van der Waals surface area contributed by atoms with Crippen LogP contribution in [-0.2, 0) is 0 Å². The van der Waals surface area contributed by atoms with Crippen LogP contribution in [0.1, 0.15) is 10.4 Å². The minimum absolute atomic E-state index is 0.217. The van der Waals surface area contributed by atoms with Crippen molar-refractivity contribution in [3.63, 3.8) is 0 Å². The molecule has 0 saturated carbocycles. The molecule has 0 saturated heterocycles. The standard InChI is InChI=1S/C14H11N5O/c20-14(11-4-3-7-15-8-11)18-12-5-1-2-6-13(12)19-10-16-9-17-19/h1-10H,(H,18,20). The molecule has 0 aliphatic rings. The van der Waals surface area contributed by atoms with Crippen LogP contribution in [0.25, 0.3) is 5.69 Å². The molecule has 3 aromatic rings. The van der Waals surface area contributed by atoms with Crippen molar-refractivity contribution < 1.29 is 4.79 Å². The Morgan fingerprint density at radius 3 is 2.75 bits per heavy atom. The molecule has 6 heteroatoms. The minimum Gasteiger partial charge on any atom is -0.320 e. The Hall–Kier alpha value is -3.02. The molecule has 3 rings (SSSR count). The summed E-state index contributed by atoms with van der Waals surface area (Å²) in [4.78, 5) is 20.0. The summed E-state index contributed by atoms with van der Waals surface area (Å²) in [6.45, 7) is 0. The van der Waals surface area contributed by atoms with Crippen LogP contribution in [0.3, 0.4) is 0 Å². The second-order valence-corrected chi connectivity index (χ2v) is 4.05. The average Bonchev–Trinajstić information content (AvgIpc) is 3.03. The first kappa shape index (κ1) is 12.0. The van der Waals surface area contributed by atoms with Crippen LogP contribution in [0.15, 0.2) is 61.4 Å². The summed E-state index contributed by atoms with van der Waals surface area (Å²) in [7, 11) is 0. The third kappa shape index (κ3) is 2.39. The van der Waals surface area contributed by atoms with Crippen molar-refractivity contribution in [3.05, 3.63) is 67.0 Å². The van der Waals surface area contributed by atoms with Gasteiger partial charge in [0.2, 0.25) is 0 Å². The molecule has 1 amide bonds. The number of hydrogen-bond donors (Lipinski definition) is 1. The van der Waals surface area contributed by atoms with Gasteiger partial charge in [-0.2, -0.15) is 5.10 Å². The van der Waals surface area contributed by atoms with E-state index in [4.69, 9.17) is 0 Å². The van der Waals surface area contributed by atoms with Crippen LogP contribution in [0.5, 0.6) is 0 Å². The van der Waals surface area contributed by atoms with E-state index in [1.165, 1.54) is 12.5 Å². The zero-order valence-electron chi connectivity index (χ0n) is 10.5. The van der Waals surface area contributed by atoms with Crippen LogP contribution >= 0.6 is 0 Å². The number of aromatic nitrogens is 4. The Morgan fingerprint density at radius 2 is 2.00 bits per heavy atom. The van der Waals surface area contributed by atoms with E-state index in [2.05, 4.69) is 20.4 Å². The summed E-state index contributed by atoms with van der Waals surface area (Å²) in [6.07, 6.45) is 6.17. The Kier molecular flexibility index (Phi) is 3.20. The number of nitrogens with one attached hydrogen (secondary N) is 1. The highest BCUT2D eigenvalue weighted by atomic mass is 16.1. The smallest absolute Gasteiger partial charge is 0.257 e. The van der Waals surface area contributed by atoms with E-state index in [0.717, 1.165) is 5.69 Å². The molecule has 0 fully saturated rings. The largest absolute Gasteiger partial charge is 0.320 e. The van der Waals surface area contributed by atoms with E-state index < -0.39 is 0 Å². The third-order valence-electron chi connectivity index (χ3n) is 2.74. The predicted octanol–water partition coefficient (Wildman–Crippen LogP) is 1.91. The number of benzene rings is 1. The summed E-state index contributed by atoms with van der Waals surface area (Å²) >= 11 is 0. The molecular weight excluding hydrogens is 254 g/mol. The molecule has 1 aromatic carbocycles. The molecule has 0 bridgehead atoms. The van der Waals surface area contributed by atoms with Crippen molar-refractivity contribution in [2.45, 2.75) is 0 Å². The van der Waals surface area contributed by atoms with E-state index in [1.54, 1.807) is 29.3 Å². The number of carbonyl (C=O) groups is 1. The van der Waals surface area contributed by atoms with Gasteiger partial charge in [-0.1, -0.05) is 12.1 Å². The lowest BCUT2D eigenvalue weighted by Gasteiger charge is -2.10. The zero-order valence-corrected chi connectivity index (χ0v) is 10.5. The lowest BCUT2D eigenvalue weighted by Crippen LogP contribution is -2.14. The number of para-hydroxylation sites is 2. The van der Waals surface area contributed by atoms with Gasteiger partial charge in [-0.15, -0.1) is 0 Å². The van der Waals surface area contributed by atoms with Gasteiger partial charge in [0, 0.05) is 12.4 Å². The number of rotatable bonds is 3. The number of amides is 1. The van der Waals surface area contributed by atoms with Crippen molar-refractivity contribution >= 4 is 11.6 Å². The molecule has 0 atom stereocenters. The fourth-order valence-electron chi connectivity index (χ4n) is 1.80. The Morgan fingerprint density at radius 1 is 1.10 bits per heavy atom. The molecule has 98 valence electrons. The zero-order chi connectivity index (χ0) is 13.8. The van der Waals surface area contributed by atoms with Crippen molar-refractivity contribution in [1.29, 1.82) is 0 Å². The number of hydrogen-bond acceptors (Lipinski definition) is 4. The minimum atomic E-state index is -0.217. The predicted molar refractivity (Wildman–Crippen MR) is 73.5 cm³/mol. The number of pyridine rings is 1. The maximum atomic E-state index is 12.1. The number of anilines is 1. The topological polar surface area (TPSA) is 72.7 Å². The molecule has 0 radical (unpaired) electrons. The van der Waals surface area contributed by atoms with Gasteiger partial charge in [-0.25, -0.2) is 9.67 Å². The van der Waals surface area contributed by atoms with Gasteiger partial charge >= 0.3 is 0 Å². The van der Waals surface area contributed by atoms with Gasteiger partial charge in [0.05, 0.1) is 16.9 Å². The SMILES string of the molecule is O=C(Nc1ccccc1-n1cncn1)c1cccnc1. The van der Waals surface area contributed by atoms with Crippen LogP contribution < -0.4 is 5.32 Å². The monoisotopic (exact) mass is 265 g/mol. The lowest BCUT2D eigenvalue weighted by molar-refractivity contribution is 0.102. The highest BCUT2D eigenvalue weighted by molar-refractivity contribution is 6.05. The Balaban J connectivity index is 1.90. The van der Waals surface area contributed by atoms with Gasteiger partial charge in [-0.3, -0.25) is 9.78 Å². The molecule has 0 aliphatic heterocycles. The van der Waals surface area contributed by atoms with Crippen LogP contribution in [0.4, 0.5) is 5.69 Å². The first-order valence-electron chi connectivity index (χ1n) is 6.00. The van der Waals surface area contributed by atoms with E-state index in [0.29, 0.717) is 11.3 Å². The molecule has 0 aliphatic carbocycles. The highest BCUT2D eigenvalue weighted by Gasteiger charge is 2.10. The van der Waals surface area contributed by atoms with Crippen LogP contribution in [-0.4, -0.2) is 25.7 Å². The molecule has 0 unspecified atom stereocenters. The second kappa shape index (κ2) is 5.31. The van der Waals surface area contributed by atoms with Crippen LogP contribution in [0.2, 0.25) is 0 Å². The van der Waals surface area contributed by atoms with Gasteiger partial charge < -0.3 is 5.32 Å². The van der Waals surface area contributed by atoms with E-state index >= 15 is 0 Å². The quantitative estimate of drug-likeness (QED) is 0.785. The van der Waals surface area contributed by atoms with Crippen LogP contribution in [0, 0.1) is 0 Å². The average molecular weight is 265 g/mol. The van der Waals surface area contributed by atoms with Crippen molar-refractivity contribution in [2.75, 3.05) is 5.32 Å². The maximum absolute atomic E-state index is 12.1. The fraction of sp³-hybridized carbons (Fsp3) is 0. The second-order valence-electron chi connectivity index (χ2n) is 4.05. The summed E-state index contributed by atoms with van der Waals surface area (Å²) < 4.78 is 1.60. The van der Waals surface area contributed by atoms with Gasteiger partial charge in [0.1, 0.15) is 12.7 Å². The summed E-state index contributed by atoms with van der Waals surface area (Å²) in [6, 6.07) is 10.8. The maximum Gasteiger partial charge on any atom is 0.257 e. The van der Waals surface area contributed by atoms with E-state index in [1.807, 2.05) is 24.3 Å². The molecule has 6 nitrogen and oxygen atoms in total. The Bertz CT molecular complexity index is 709. The molecular formula is C14H11N5O. The Labute approximate surface area is 115 Å². The molecule has 2 aromatic heterocycles. The molecule has 1 N–H and O–H groups in total. The third-order valence-corrected chi connectivity index (χ3v) is 2.74. The lowest BCUT2D eigenvalue weighted by atomic mass is 10.2. The summed E-state index contributed by atoms with van der Waals surface area (Å²) in [5, 5.41) is 6.92. The first-order valence-corrected chi connectivity index (χ1v) is 6.00. The van der Waals surface area contributed by atoms with E-state index in [-0.39, 0.29) is 5.91 Å². The van der Waals surface area contributed by atoms with E-state index in [9.17, 15) is 4.79 Å². The fourth-order valence-corrected chi connectivity index (χ4v) is 1.80. The van der Waals surface area contributed by atoms with Crippen molar-refractivity contribution in [1.82, 2.24) is 19.7 Å². The molecule has 2 heterocycles. The number of nitrogens with zero attached hydrogens (tertiary/aromatic N) is 4. The molecule has 20 heavy (non-hydrogen) atoms. The first-order chi connectivity index (χ1) is 9.84.